The van der Waals surface area contributed by atoms with E-state index in [2.05, 4.69) is 16.0 Å². The second kappa shape index (κ2) is 8.66. The van der Waals surface area contributed by atoms with Crippen molar-refractivity contribution in [2.45, 2.75) is 20.3 Å². The normalized spacial score (nSPS) is 9.77. The van der Waals surface area contributed by atoms with Gasteiger partial charge in [0.05, 0.1) is 19.2 Å². The van der Waals surface area contributed by atoms with Crippen molar-refractivity contribution in [3.63, 3.8) is 0 Å². The first kappa shape index (κ1) is 17.5. The zero-order valence-electron chi connectivity index (χ0n) is 13.0. The summed E-state index contributed by atoms with van der Waals surface area (Å²) in [4.78, 5) is 34.8. The lowest BCUT2D eigenvalue weighted by atomic mass is 10.1. The molecule has 0 heterocycles. The maximum absolute atomic E-state index is 11.8. The maximum Gasteiger partial charge on any atom is 0.340 e. The van der Waals surface area contributed by atoms with Crippen molar-refractivity contribution in [1.29, 1.82) is 0 Å². The van der Waals surface area contributed by atoms with Crippen LogP contribution in [-0.2, 0) is 9.53 Å². The zero-order valence-corrected chi connectivity index (χ0v) is 13.0. The number of anilines is 1. The van der Waals surface area contributed by atoms with E-state index in [0.29, 0.717) is 17.8 Å². The van der Waals surface area contributed by atoms with Crippen LogP contribution in [0.5, 0.6) is 0 Å². The number of carbonyl (C=O) groups excluding carboxylic acids is 3. The van der Waals surface area contributed by atoms with Gasteiger partial charge in [0.25, 0.3) is 0 Å². The van der Waals surface area contributed by atoms with Crippen LogP contribution in [0.1, 0.15) is 29.3 Å². The summed E-state index contributed by atoms with van der Waals surface area (Å²) in [5, 5.41) is 7.57. The monoisotopic (exact) mass is 307 g/mol. The summed E-state index contributed by atoms with van der Waals surface area (Å²) < 4.78 is 4.73. The molecule has 0 aliphatic rings. The smallest absolute Gasteiger partial charge is 0.340 e. The van der Waals surface area contributed by atoms with Crippen LogP contribution in [0, 0.1) is 6.92 Å². The molecule has 1 aromatic rings. The molecular formula is C15H21N3O4. The molecule has 1 rings (SSSR count). The second-order valence-electron chi connectivity index (χ2n) is 4.65. The number of benzene rings is 1. The lowest BCUT2D eigenvalue weighted by molar-refractivity contribution is -0.118. The minimum atomic E-state index is -0.536. The largest absolute Gasteiger partial charge is 0.465 e. The third-order valence-electron chi connectivity index (χ3n) is 2.89. The summed E-state index contributed by atoms with van der Waals surface area (Å²) in [5.74, 6) is -0.979. The highest BCUT2D eigenvalue weighted by Gasteiger charge is 2.15. The molecule has 0 saturated carbocycles. The molecule has 0 fully saturated rings. The molecule has 22 heavy (non-hydrogen) atoms. The van der Waals surface area contributed by atoms with Crippen molar-refractivity contribution in [1.82, 2.24) is 10.6 Å². The molecule has 0 aliphatic carbocycles. The predicted molar refractivity (Wildman–Crippen MR) is 82.8 cm³/mol. The summed E-state index contributed by atoms with van der Waals surface area (Å²) in [6.45, 7) is 4.05. The van der Waals surface area contributed by atoms with Gasteiger partial charge in [-0.1, -0.05) is 19.1 Å². The Balaban J connectivity index is 2.65. The fraction of sp³-hybridized carbons (Fsp3) is 0.400. The molecule has 0 saturated heterocycles. The first-order valence-corrected chi connectivity index (χ1v) is 6.99. The van der Waals surface area contributed by atoms with E-state index >= 15 is 0 Å². The maximum atomic E-state index is 11.8. The quantitative estimate of drug-likeness (QED) is 0.691. The lowest BCUT2D eigenvalue weighted by Gasteiger charge is -2.12. The van der Waals surface area contributed by atoms with Gasteiger partial charge < -0.3 is 15.4 Å². The number of hydrogen-bond donors (Lipinski definition) is 3. The van der Waals surface area contributed by atoms with Gasteiger partial charge in [0, 0.05) is 12.2 Å². The lowest BCUT2D eigenvalue weighted by Crippen LogP contribution is -2.42. The van der Waals surface area contributed by atoms with Gasteiger partial charge in [0.15, 0.2) is 0 Å². The van der Waals surface area contributed by atoms with Crippen LogP contribution in [0.15, 0.2) is 18.2 Å². The number of aryl methyl sites for hydroxylation is 1. The van der Waals surface area contributed by atoms with Gasteiger partial charge in [-0.3, -0.25) is 10.1 Å². The Morgan fingerprint density at radius 3 is 2.59 bits per heavy atom. The number of amides is 3. The molecule has 0 atom stereocenters. The van der Waals surface area contributed by atoms with Crippen LogP contribution in [-0.4, -0.2) is 38.1 Å². The highest BCUT2D eigenvalue weighted by molar-refractivity contribution is 5.99. The van der Waals surface area contributed by atoms with Gasteiger partial charge in [-0.2, -0.15) is 0 Å². The number of nitrogens with one attached hydrogen (secondary N) is 3. The number of methoxy groups -OCH3 is 1. The van der Waals surface area contributed by atoms with E-state index in [1.807, 2.05) is 6.92 Å². The zero-order chi connectivity index (χ0) is 16.5. The number of ether oxygens (including phenoxy) is 1. The van der Waals surface area contributed by atoms with Gasteiger partial charge in [-0.15, -0.1) is 0 Å². The van der Waals surface area contributed by atoms with Crippen LogP contribution in [0.4, 0.5) is 10.5 Å². The first-order valence-electron chi connectivity index (χ1n) is 6.99. The fourth-order valence-corrected chi connectivity index (χ4v) is 1.82. The molecule has 1 aromatic carbocycles. The summed E-state index contributed by atoms with van der Waals surface area (Å²) in [6, 6.07) is 4.67. The number of esters is 1. The molecule has 3 amide bonds. The van der Waals surface area contributed by atoms with Crippen molar-refractivity contribution in [2.75, 3.05) is 25.5 Å². The summed E-state index contributed by atoms with van der Waals surface area (Å²) in [6.07, 6.45) is 0.783. The Labute approximate surface area is 129 Å². The molecule has 0 aliphatic heterocycles. The number of carbonyl (C=O) groups is 3. The van der Waals surface area contributed by atoms with E-state index in [9.17, 15) is 14.4 Å². The number of hydrogen-bond acceptors (Lipinski definition) is 5. The van der Waals surface area contributed by atoms with Gasteiger partial charge >= 0.3 is 12.0 Å². The Kier molecular flexibility index (Phi) is 6.88. The number of urea groups is 1. The average Bonchev–Trinajstić information content (AvgIpc) is 2.50. The SMILES string of the molecule is CCCNC(=O)NC(=O)CNc1cccc(C)c1C(=O)OC. The van der Waals surface area contributed by atoms with Crippen molar-refractivity contribution in [2.24, 2.45) is 0 Å². The van der Waals surface area contributed by atoms with Gasteiger partial charge in [0.2, 0.25) is 5.91 Å². The van der Waals surface area contributed by atoms with Gasteiger partial charge in [-0.25, -0.2) is 9.59 Å². The van der Waals surface area contributed by atoms with Crippen LogP contribution >= 0.6 is 0 Å². The topological polar surface area (TPSA) is 96.5 Å². The molecule has 7 nitrogen and oxygen atoms in total. The van der Waals surface area contributed by atoms with E-state index in [1.165, 1.54) is 7.11 Å². The third-order valence-corrected chi connectivity index (χ3v) is 2.89. The summed E-state index contributed by atoms with van der Waals surface area (Å²) in [7, 11) is 1.29. The van der Waals surface area contributed by atoms with Crippen LogP contribution in [0.2, 0.25) is 0 Å². The van der Waals surface area contributed by atoms with E-state index in [-0.39, 0.29) is 6.54 Å². The van der Waals surface area contributed by atoms with Crippen molar-refractivity contribution in [3.8, 4) is 0 Å². The fourth-order valence-electron chi connectivity index (χ4n) is 1.82. The average molecular weight is 307 g/mol. The third kappa shape index (κ3) is 5.08. The molecule has 0 bridgehead atoms. The standard InChI is InChI=1S/C15H21N3O4/c1-4-8-16-15(21)18-12(19)9-17-11-7-5-6-10(2)13(11)14(20)22-3/h5-7,17H,4,8-9H2,1-3H3,(H2,16,18,19,21). The highest BCUT2D eigenvalue weighted by atomic mass is 16.5. The van der Waals surface area contributed by atoms with E-state index in [1.54, 1.807) is 25.1 Å². The van der Waals surface area contributed by atoms with Crippen LogP contribution in [0.25, 0.3) is 0 Å². The Morgan fingerprint density at radius 2 is 1.95 bits per heavy atom. The molecule has 0 aromatic heterocycles. The Bertz CT molecular complexity index is 558. The Hall–Kier alpha value is -2.57. The summed E-state index contributed by atoms with van der Waals surface area (Å²) >= 11 is 0. The second-order valence-corrected chi connectivity index (χ2v) is 4.65. The molecule has 0 spiro atoms. The van der Waals surface area contributed by atoms with E-state index in [0.717, 1.165) is 12.0 Å². The van der Waals surface area contributed by atoms with Crippen LogP contribution in [0.3, 0.4) is 0 Å². The number of imide groups is 1. The first-order chi connectivity index (χ1) is 10.5. The molecule has 7 heteroatoms. The van der Waals surface area contributed by atoms with E-state index in [4.69, 9.17) is 4.74 Å². The molecule has 0 radical (unpaired) electrons. The van der Waals surface area contributed by atoms with Crippen molar-refractivity contribution < 1.29 is 19.1 Å². The Morgan fingerprint density at radius 1 is 1.23 bits per heavy atom. The minimum Gasteiger partial charge on any atom is -0.465 e. The summed E-state index contributed by atoms with van der Waals surface area (Å²) in [5.41, 5.74) is 1.59. The van der Waals surface area contributed by atoms with Gasteiger partial charge in [0.1, 0.15) is 0 Å². The van der Waals surface area contributed by atoms with Crippen molar-refractivity contribution >= 4 is 23.6 Å². The predicted octanol–water partition coefficient (Wildman–Crippen LogP) is 1.43. The molecular weight excluding hydrogens is 286 g/mol. The van der Waals surface area contributed by atoms with E-state index < -0.39 is 17.9 Å². The van der Waals surface area contributed by atoms with Crippen molar-refractivity contribution in [3.05, 3.63) is 29.3 Å². The van der Waals surface area contributed by atoms with Crippen LogP contribution < -0.4 is 16.0 Å². The molecule has 3 N–H and O–H groups in total. The molecule has 120 valence electrons. The highest BCUT2D eigenvalue weighted by Crippen LogP contribution is 2.20. The van der Waals surface area contributed by atoms with Gasteiger partial charge in [-0.05, 0) is 25.0 Å². The minimum absolute atomic E-state index is 0.132. The molecule has 0 unspecified atom stereocenters. The number of rotatable bonds is 6.